The maximum atomic E-state index is 12.8. The fourth-order valence-corrected chi connectivity index (χ4v) is 2.61. The van der Waals surface area contributed by atoms with Gasteiger partial charge in [0.15, 0.2) is 17.2 Å². The van der Waals surface area contributed by atoms with E-state index < -0.39 is 36.2 Å². The van der Waals surface area contributed by atoms with Crippen molar-refractivity contribution in [3.8, 4) is 5.82 Å². The number of hydrogen-bond donors (Lipinski definition) is 0. The molecule has 3 heterocycles. The largest absolute Gasteiger partial charge is 0.497 e. The molecule has 0 radical (unpaired) electrons. The van der Waals surface area contributed by atoms with Crippen LogP contribution in [-0.4, -0.2) is 46.2 Å². The average molecular weight is 397 g/mol. The predicted molar refractivity (Wildman–Crippen MR) is 93.4 cm³/mol. The van der Waals surface area contributed by atoms with Crippen molar-refractivity contribution in [1.29, 1.82) is 0 Å². The number of rotatable bonds is 3. The van der Waals surface area contributed by atoms with Crippen molar-refractivity contribution in [2.75, 3.05) is 7.11 Å². The normalized spacial score (nSPS) is 18.4. The highest BCUT2D eigenvalue weighted by atomic mass is 19.4. The lowest BCUT2D eigenvalue weighted by molar-refractivity contribution is -0.141. The number of alkyl halides is 3. The van der Waals surface area contributed by atoms with E-state index in [0.29, 0.717) is 5.46 Å². The summed E-state index contributed by atoms with van der Waals surface area (Å²) >= 11 is 0. The van der Waals surface area contributed by atoms with E-state index in [1.807, 2.05) is 27.7 Å². The smallest absolute Gasteiger partial charge is 0.464 e. The van der Waals surface area contributed by atoms with Gasteiger partial charge in [-0.05, 0) is 39.8 Å². The Balaban J connectivity index is 2.02. The van der Waals surface area contributed by atoms with Gasteiger partial charge in [-0.2, -0.15) is 18.3 Å². The first kappa shape index (κ1) is 20.3. The van der Waals surface area contributed by atoms with E-state index in [0.717, 1.165) is 16.9 Å². The summed E-state index contributed by atoms with van der Waals surface area (Å²) in [5.41, 5.74) is -2.16. The monoisotopic (exact) mass is 397 g/mol. The van der Waals surface area contributed by atoms with E-state index >= 15 is 0 Å². The van der Waals surface area contributed by atoms with E-state index in [-0.39, 0.29) is 11.5 Å². The Labute approximate surface area is 159 Å². The molecular weight excluding hydrogens is 378 g/mol. The Morgan fingerprint density at radius 1 is 1.14 bits per heavy atom. The quantitative estimate of drug-likeness (QED) is 0.585. The fourth-order valence-electron chi connectivity index (χ4n) is 2.61. The van der Waals surface area contributed by atoms with Crippen molar-refractivity contribution in [3.05, 3.63) is 35.8 Å². The number of ether oxygens (including phenoxy) is 1. The molecule has 1 saturated heterocycles. The number of carbonyl (C=O) groups excluding carboxylic acids is 1. The Morgan fingerprint density at radius 3 is 2.25 bits per heavy atom. The van der Waals surface area contributed by atoms with Crippen LogP contribution in [0.25, 0.3) is 5.82 Å². The number of aromatic nitrogens is 3. The third-order valence-corrected chi connectivity index (χ3v) is 4.91. The second-order valence-electron chi connectivity index (χ2n) is 7.33. The Bertz CT molecular complexity index is 895. The number of hydrogen-bond acceptors (Lipinski definition) is 6. The van der Waals surface area contributed by atoms with Crippen LogP contribution in [0.5, 0.6) is 0 Å². The third kappa shape index (κ3) is 3.51. The van der Waals surface area contributed by atoms with Crippen LogP contribution in [0, 0.1) is 0 Å². The van der Waals surface area contributed by atoms with Crippen LogP contribution in [0.2, 0.25) is 0 Å². The van der Waals surface area contributed by atoms with Gasteiger partial charge in [-0.3, -0.25) is 0 Å². The molecule has 0 spiro atoms. The molecule has 0 N–H and O–H groups in total. The Morgan fingerprint density at radius 2 is 1.75 bits per heavy atom. The molecule has 7 nitrogen and oxygen atoms in total. The third-order valence-electron chi connectivity index (χ3n) is 4.91. The molecule has 0 amide bonds. The fraction of sp³-hybridized carbons (Fsp3) is 0.471. The SMILES string of the molecule is COC(=O)c1nc(-n2ccc(C(F)(F)F)n2)ccc1B1OC(C)(C)C(C)(C)O1. The molecule has 11 heteroatoms. The number of halogens is 3. The summed E-state index contributed by atoms with van der Waals surface area (Å²) in [5, 5.41) is 3.47. The highest BCUT2D eigenvalue weighted by Crippen LogP contribution is 2.36. The van der Waals surface area contributed by atoms with Crippen molar-refractivity contribution >= 4 is 18.6 Å². The van der Waals surface area contributed by atoms with Gasteiger partial charge >= 0.3 is 19.3 Å². The van der Waals surface area contributed by atoms with Crippen LogP contribution >= 0.6 is 0 Å². The molecular formula is C17H19BF3N3O4. The lowest BCUT2D eigenvalue weighted by Crippen LogP contribution is -2.41. The van der Waals surface area contributed by atoms with Gasteiger partial charge in [0.2, 0.25) is 0 Å². The van der Waals surface area contributed by atoms with Gasteiger partial charge in [0, 0.05) is 11.7 Å². The van der Waals surface area contributed by atoms with Gasteiger partial charge in [0.05, 0.1) is 18.3 Å². The zero-order valence-corrected chi connectivity index (χ0v) is 16.0. The van der Waals surface area contributed by atoms with Crippen molar-refractivity contribution in [2.24, 2.45) is 0 Å². The minimum atomic E-state index is -4.58. The molecule has 1 aliphatic heterocycles. The van der Waals surface area contributed by atoms with E-state index in [9.17, 15) is 18.0 Å². The van der Waals surface area contributed by atoms with Crippen LogP contribution in [0.3, 0.4) is 0 Å². The van der Waals surface area contributed by atoms with Crippen LogP contribution in [0.1, 0.15) is 43.9 Å². The van der Waals surface area contributed by atoms with Crippen molar-refractivity contribution < 1.29 is 32.0 Å². The summed E-state index contributed by atoms with van der Waals surface area (Å²) in [6.45, 7) is 7.42. The average Bonchev–Trinajstić information content (AvgIpc) is 3.16. The lowest BCUT2D eigenvalue weighted by atomic mass is 9.77. The molecule has 0 aromatic carbocycles. The number of esters is 1. The molecule has 2 aromatic rings. The molecule has 2 aromatic heterocycles. The molecule has 0 saturated carbocycles. The highest BCUT2D eigenvalue weighted by molar-refractivity contribution is 6.63. The van der Waals surface area contributed by atoms with Gasteiger partial charge in [-0.15, -0.1) is 0 Å². The summed E-state index contributed by atoms with van der Waals surface area (Å²) in [6.07, 6.45) is -3.47. The number of pyridine rings is 1. The molecule has 0 unspecified atom stereocenters. The molecule has 1 fully saturated rings. The minimum absolute atomic E-state index is 0.0242. The number of nitrogens with zero attached hydrogens (tertiary/aromatic N) is 3. The first-order valence-electron chi connectivity index (χ1n) is 8.44. The first-order chi connectivity index (χ1) is 12.9. The van der Waals surface area contributed by atoms with Gasteiger partial charge in [-0.1, -0.05) is 6.07 Å². The lowest BCUT2D eigenvalue weighted by Gasteiger charge is -2.32. The maximum absolute atomic E-state index is 12.8. The molecule has 3 rings (SSSR count). The van der Waals surface area contributed by atoms with Crippen molar-refractivity contribution in [2.45, 2.75) is 45.1 Å². The van der Waals surface area contributed by atoms with Gasteiger partial charge < -0.3 is 14.0 Å². The second kappa shape index (κ2) is 6.59. The Hall–Kier alpha value is -2.40. The maximum Gasteiger partial charge on any atom is 0.497 e. The molecule has 150 valence electrons. The molecule has 1 aliphatic rings. The van der Waals surface area contributed by atoms with E-state index in [2.05, 4.69) is 10.1 Å². The molecule has 0 bridgehead atoms. The predicted octanol–water partition coefficient (Wildman–Crippen LogP) is 2.37. The number of methoxy groups -OCH3 is 1. The summed E-state index contributed by atoms with van der Waals surface area (Å²) in [4.78, 5) is 16.4. The van der Waals surface area contributed by atoms with Crippen LogP contribution in [0.15, 0.2) is 24.4 Å². The zero-order chi connectivity index (χ0) is 20.9. The van der Waals surface area contributed by atoms with E-state index in [1.54, 1.807) is 0 Å². The van der Waals surface area contributed by atoms with Crippen LogP contribution in [-0.2, 0) is 20.2 Å². The Kier molecular flexibility index (Phi) is 4.79. The van der Waals surface area contributed by atoms with Crippen LogP contribution < -0.4 is 5.46 Å². The van der Waals surface area contributed by atoms with Crippen molar-refractivity contribution in [1.82, 2.24) is 14.8 Å². The van der Waals surface area contributed by atoms with Crippen molar-refractivity contribution in [3.63, 3.8) is 0 Å². The summed E-state index contributed by atoms with van der Waals surface area (Å²) in [7, 11) is 0.296. The summed E-state index contributed by atoms with van der Waals surface area (Å²) < 4.78 is 55.9. The van der Waals surface area contributed by atoms with Gasteiger partial charge in [-0.25, -0.2) is 14.5 Å². The van der Waals surface area contributed by atoms with Gasteiger partial charge in [0.1, 0.15) is 0 Å². The zero-order valence-electron chi connectivity index (χ0n) is 16.0. The standard InChI is InChI=1S/C17H19BF3N3O4/c1-15(2)16(3,4)28-18(27-15)10-6-7-12(22-13(10)14(25)26-5)24-9-8-11(23-24)17(19,20)21/h6-9H,1-5H3. The molecule has 0 atom stereocenters. The van der Waals surface area contributed by atoms with Crippen LogP contribution in [0.4, 0.5) is 13.2 Å². The highest BCUT2D eigenvalue weighted by Gasteiger charge is 2.52. The van der Waals surface area contributed by atoms with E-state index in [1.165, 1.54) is 19.2 Å². The second-order valence-corrected chi connectivity index (χ2v) is 7.33. The topological polar surface area (TPSA) is 75.5 Å². The molecule has 28 heavy (non-hydrogen) atoms. The van der Waals surface area contributed by atoms with E-state index in [4.69, 9.17) is 14.0 Å². The molecule has 0 aliphatic carbocycles. The number of carbonyl (C=O) groups is 1. The summed E-state index contributed by atoms with van der Waals surface area (Å²) in [5.74, 6) is -0.745. The minimum Gasteiger partial charge on any atom is -0.464 e. The van der Waals surface area contributed by atoms with Gasteiger partial charge in [0.25, 0.3) is 0 Å². The first-order valence-corrected chi connectivity index (χ1v) is 8.44. The summed E-state index contributed by atoms with van der Waals surface area (Å²) in [6, 6.07) is 3.76.